The van der Waals surface area contributed by atoms with E-state index in [4.69, 9.17) is 14.2 Å². The normalized spacial score (nSPS) is 18.9. The van der Waals surface area contributed by atoms with Gasteiger partial charge in [-0.3, -0.25) is 14.7 Å². The first-order chi connectivity index (χ1) is 15.6. The summed E-state index contributed by atoms with van der Waals surface area (Å²) in [5.74, 6) is 1.93. The van der Waals surface area contributed by atoms with Crippen molar-refractivity contribution in [2.24, 2.45) is 5.92 Å². The molecular weight excluding hydrogens is 406 g/mol. The highest BCUT2D eigenvalue weighted by molar-refractivity contribution is 5.81. The number of hydrogen-bond donors (Lipinski definition) is 0. The molecule has 2 aliphatic heterocycles. The number of fused-ring (bicyclic) bond motifs is 1. The Morgan fingerprint density at radius 3 is 2.78 bits per heavy atom. The van der Waals surface area contributed by atoms with Gasteiger partial charge in [-0.15, -0.1) is 0 Å². The van der Waals surface area contributed by atoms with Gasteiger partial charge >= 0.3 is 0 Å². The summed E-state index contributed by atoms with van der Waals surface area (Å²) in [7, 11) is 0. The lowest BCUT2D eigenvalue weighted by Crippen LogP contribution is -2.51. The number of benzene rings is 1. The summed E-state index contributed by atoms with van der Waals surface area (Å²) in [6.07, 6.45) is 4.07. The predicted octanol–water partition coefficient (Wildman–Crippen LogP) is 3.13. The van der Waals surface area contributed by atoms with Gasteiger partial charge in [-0.1, -0.05) is 26.0 Å². The lowest BCUT2D eigenvalue weighted by atomic mass is 10.1. The maximum absolute atomic E-state index is 13.5. The molecule has 1 aromatic heterocycles. The highest BCUT2D eigenvalue weighted by Crippen LogP contribution is 2.31. The third-order valence-electron chi connectivity index (χ3n) is 5.64. The van der Waals surface area contributed by atoms with Gasteiger partial charge in [0.25, 0.3) is 5.91 Å². The molecule has 0 radical (unpaired) electrons. The van der Waals surface area contributed by atoms with Crippen molar-refractivity contribution >= 4 is 5.91 Å². The number of carbonyl (C=O) groups is 1. The fourth-order valence-electron chi connectivity index (χ4n) is 4.15. The summed E-state index contributed by atoms with van der Waals surface area (Å²) < 4.78 is 17.5. The first-order valence-electron chi connectivity index (χ1n) is 11.5. The van der Waals surface area contributed by atoms with E-state index < -0.39 is 6.10 Å². The smallest absolute Gasteiger partial charge is 0.253 e. The van der Waals surface area contributed by atoms with Crippen molar-refractivity contribution in [2.45, 2.75) is 39.5 Å². The summed E-state index contributed by atoms with van der Waals surface area (Å²) in [5, 5.41) is 0. The van der Waals surface area contributed by atoms with Crippen LogP contribution in [0, 0.1) is 5.92 Å². The number of aromatic nitrogens is 1. The van der Waals surface area contributed by atoms with Crippen LogP contribution in [0.3, 0.4) is 0 Å². The van der Waals surface area contributed by atoms with E-state index in [1.54, 1.807) is 6.20 Å². The van der Waals surface area contributed by atoms with E-state index in [2.05, 4.69) is 29.8 Å². The maximum atomic E-state index is 13.5. The quantitative estimate of drug-likeness (QED) is 0.661. The zero-order chi connectivity index (χ0) is 22.3. The minimum Gasteiger partial charge on any atom is -0.490 e. The number of morpholine rings is 1. The van der Waals surface area contributed by atoms with E-state index in [-0.39, 0.29) is 5.91 Å². The lowest BCUT2D eigenvalue weighted by Gasteiger charge is -2.35. The minimum absolute atomic E-state index is 0.0432. The molecule has 1 aromatic carbocycles. The maximum Gasteiger partial charge on any atom is 0.253 e. The Hall–Kier alpha value is -2.64. The summed E-state index contributed by atoms with van der Waals surface area (Å²) in [6, 6.07) is 9.97. The van der Waals surface area contributed by atoms with Crippen LogP contribution in [0.15, 0.2) is 42.7 Å². The molecule has 172 valence electrons. The molecule has 0 aliphatic carbocycles. The fourth-order valence-corrected chi connectivity index (χ4v) is 4.15. The van der Waals surface area contributed by atoms with Gasteiger partial charge in [-0.05, 0) is 35.2 Å². The Bertz CT molecular complexity index is 890. The summed E-state index contributed by atoms with van der Waals surface area (Å²) >= 11 is 0. The Morgan fingerprint density at radius 1 is 1.16 bits per heavy atom. The number of carbonyl (C=O) groups excluding carboxylic acids is 1. The molecule has 0 spiro atoms. The molecule has 7 nitrogen and oxygen atoms in total. The van der Waals surface area contributed by atoms with E-state index in [9.17, 15) is 4.79 Å². The third kappa shape index (κ3) is 5.99. The molecule has 1 unspecified atom stereocenters. The van der Waals surface area contributed by atoms with Crippen LogP contribution in [0.5, 0.6) is 11.5 Å². The van der Waals surface area contributed by atoms with Crippen LogP contribution >= 0.6 is 0 Å². The molecule has 1 saturated heterocycles. The van der Waals surface area contributed by atoms with Gasteiger partial charge < -0.3 is 19.1 Å². The van der Waals surface area contributed by atoms with Crippen LogP contribution in [0.4, 0.5) is 0 Å². The van der Waals surface area contributed by atoms with Gasteiger partial charge in [-0.25, -0.2) is 0 Å². The number of hydrogen-bond acceptors (Lipinski definition) is 6. The van der Waals surface area contributed by atoms with Crippen molar-refractivity contribution in [3.63, 3.8) is 0 Å². The van der Waals surface area contributed by atoms with Gasteiger partial charge in [0.1, 0.15) is 6.10 Å². The second-order valence-electron chi connectivity index (χ2n) is 8.90. The highest BCUT2D eigenvalue weighted by atomic mass is 16.5. The standard InChI is InChI=1S/C25H33N3O4/c1-19(2)15-28(17-20-6-7-22-23(13-20)31-11-4-10-30-22)25(29)24-18-27(9-12-32-24)16-21-5-3-8-26-14-21/h3,5-8,13-14,19,24H,4,9-12,15-18H2,1-2H3. The van der Waals surface area contributed by atoms with E-state index in [0.29, 0.717) is 45.4 Å². The lowest BCUT2D eigenvalue weighted by molar-refractivity contribution is -0.151. The highest BCUT2D eigenvalue weighted by Gasteiger charge is 2.31. The molecule has 0 bridgehead atoms. The van der Waals surface area contributed by atoms with Crippen LogP contribution in [0.1, 0.15) is 31.4 Å². The molecule has 0 saturated carbocycles. The largest absolute Gasteiger partial charge is 0.490 e. The Kier molecular flexibility index (Phi) is 7.60. The van der Waals surface area contributed by atoms with Crippen molar-refractivity contribution < 1.29 is 19.0 Å². The van der Waals surface area contributed by atoms with E-state index in [1.807, 2.05) is 35.4 Å². The molecule has 2 aliphatic rings. The summed E-state index contributed by atoms with van der Waals surface area (Å²) in [6.45, 7) is 9.49. The van der Waals surface area contributed by atoms with Crippen LogP contribution in [0.25, 0.3) is 0 Å². The molecule has 2 aromatic rings. The number of amides is 1. The number of ether oxygens (including phenoxy) is 3. The molecule has 0 N–H and O–H groups in total. The van der Waals surface area contributed by atoms with Gasteiger partial charge in [0, 0.05) is 51.5 Å². The van der Waals surface area contributed by atoms with E-state index >= 15 is 0 Å². The molecule has 1 atom stereocenters. The Morgan fingerprint density at radius 2 is 2.00 bits per heavy atom. The average Bonchev–Trinajstić information content (AvgIpc) is 3.04. The van der Waals surface area contributed by atoms with Crippen molar-refractivity contribution in [3.8, 4) is 11.5 Å². The van der Waals surface area contributed by atoms with Crippen molar-refractivity contribution in [3.05, 3.63) is 53.9 Å². The summed E-state index contributed by atoms with van der Waals surface area (Å²) in [5.41, 5.74) is 2.18. The molecule has 4 rings (SSSR count). The fraction of sp³-hybridized carbons (Fsp3) is 0.520. The Labute approximate surface area is 190 Å². The molecule has 7 heteroatoms. The molecule has 1 fully saturated rings. The summed E-state index contributed by atoms with van der Waals surface area (Å²) in [4.78, 5) is 21.9. The molecule has 32 heavy (non-hydrogen) atoms. The topological polar surface area (TPSA) is 64.1 Å². The van der Waals surface area contributed by atoms with E-state index in [0.717, 1.165) is 42.1 Å². The van der Waals surface area contributed by atoms with Gasteiger partial charge in [0.2, 0.25) is 0 Å². The number of nitrogens with zero attached hydrogens (tertiary/aromatic N) is 3. The van der Waals surface area contributed by atoms with Crippen molar-refractivity contribution in [1.82, 2.24) is 14.8 Å². The van der Waals surface area contributed by atoms with Gasteiger partial charge in [0.15, 0.2) is 11.5 Å². The Balaban J connectivity index is 1.44. The number of rotatable bonds is 7. The van der Waals surface area contributed by atoms with Crippen LogP contribution in [-0.2, 0) is 22.6 Å². The van der Waals surface area contributed by atoms with Gasteiger partial charge in [0.05, 0.1) is 19.8 Å². The zero-order valence-electron chi connectivity index (χ0n) is 19.0. The third-order valence-corrected chi connectivity index (χ3v) is 5.64. The SMILES string of the molecule is CC(C)CN(Cc1ccc2c(c1)OCCCO2)C(=O)C1CN(Cc2cccnc2)CCO1. The second kappa shape index (κ2) is 10.8. The van der Waals surface area contributed by atoms with Crippen LogP contribution < -0.4 is 9.47 Å². The molecule has 1 amide bonds. The molecule has 3 heterocycles. The predicted molar refractivity (Wildman–Crippen MR) is 122 cm³/mol. The number of pyridine rings is 1. The van der Waals surface area contributed by atoms with Gasteiger partial charge in [-0.2, -0.15) is 0 Å². The first-order valence-corrected chi connectivity index (χ1v) is 11.5. The molecular formula is C25H33N3O4. The first kappa shape index (κ1) is 22.6. The van der Waals surface area contributed by atoms with Crippen molar-refractivity contribution in [2.75, 3.05) is 39.5 Å². The van der Waals surface area contributed by atoms with Crippen LogP contribution in [0.2, 0.25) is 0 Å². The average molecular weight is 440 g/mol. The monoisotopic (exact) mass is 439 g/mol. The second-order valence-corrected chi connectivity index (χ2v) is 8.90. The van der Waals surface area contributed by atoms with E-state index in [1.165, 1.54) is 0 Å². The zero-order valence-corrected chi connectivity index (χ0v) is 19.0. The van der Waals surface area contributed by atoms with Crippen LogP contribution in [-0.4, -0.2) is 66.2 Å². The van der Waals surface area contributed by atoms with Crippen molar-refractivity contribution in [1.29, 1.82) is 0 Å². The minimum atomic E-state index is -0.459.